The zero-order valence-corrected chi connectivity index (χ0v) is 14.6. The first-order valence-corrected chi connectivity index (χ1v) is 8.87. The number of piperidine rings is 1. The van der Waals surface area contributed by atoms with Crippen LogP contribution in [0.2, 0.25) is 0 Å². The maximum absolute atomic E-state index is 12.0. The quantitative estimate of drug-likeness (QED) is 0.758. The fourth-order valence-corrected chi connectivity index (χ4v) is 3.15. The first-order valence-electron chi connectivity index (χ1n) is 8.87. The summed E-state index contributed by atoms with van der Waals surface area (Å²) in [6.45, 7) is 7.66. The first-order chi connectivity index (χ1) is 11.2. The number of hydrogen-bond donors (Lipinski definition) is 1. The number of nitrogens with one attached hydrogen (secondary N) is 1. The van der Waals surface area contributed by atoms with Gasteiger partial charge in [0.1, 0.15) is 5.76 Å². The largest absolute Gasteiger partial charge is 0.467 e. The summed E-state index contributed by atoms with van der Waals surface area (Å²) in [4.78, 5) is 16.7. The van der Waals surface area contributed by atoms with Crippen LogP contribution in [-0.4, -0.2) is 55.5 Å². The Morgan fingerprint density at radius 2 is 2.22 bits per heavy atom. The minimum absolute atomic E-state index is 0.0833. The molecule has 1 N–H and O–H groups in total. The molecule has 0 aliphatic carbocycles. The van der Waals surface area contributed by atoms with E-state index in [0.29, 0.717) is 13.1 Å². The topological polar surface area (TPSA) is 48.7 Å². The Balaban J connectivity index is 1.59. The van der Waals surface area contributed by atoms with Crippen LogP contribution in [-0.2, 0) is 11.3 Å². The third-order valence-electron chi connectivity index (χ3n) is 4.58. The molecule has 0 saturated carbocycles. The van der Waals surface area contributed by atoms with E-state index in [4.69, 9.17) is 4.42 Å². The van der Waals surface area contributed by atoms with Gasteiger partial charge in [0.2, 0.25) is 5.91 Å². The second-order valence-corrected chi connectivity index (χ2v) is 6.69. The minimum Gasteiger partial charge on any atom is -0.467 e. The highest BCUT2D eigenvalue weighted by molar-refractivity contribution is 5.77. The molecular weight excluding hydrogens is 290 g/mol. The number of nitrogens with zero attached hydrogens (tertiary/aromatic N) is 2. The van der Waals surface area contributed by atoms with Crippen LogP contribution in [0.25, 0.3) is 0 Å². The number of carbonyl (C=O) groups excluding carboxylic acids is 1. The molecule has 0 spiro atoms. The zero-order chi connectivity index (χ0) is 16.5. The van der Waals surface area contributed by atoms with Crippen molar-refractivity contribution >= 4 is 5.91 Å². The van der Waals surface area contributed by atoms with Crippen molar-refractivity contribution in [3.63, 3.8) is 0 Å². The van der Waals surface area contributed by atoms with Gasteiger partial charge in [0.25, 0.3) is 0 Å². The van der Waals surface area contributed by atoms with Gasteiger partial charge >= 0.3 is 0 Å². The molecule has 1 amide bonds. The fourth-order valence-electron chi connectivity index (χ4n) is 3.15. The Bertz CT molecular complexity index is 439. The van der Waals surface area contributed by atoms with Crippen LogP contribution in [0.15, 0.2) is 22.8 Å². The molecule has 1 fully saturated rings. The Labute approximate surface area is 140 Å². The molecule has 130 valence electrons. The summed E-state index contributed by atoms with van der Waals surface area (Å²) >= 11 is 0. The van der Waals surface area contributed by atoms with E-state index >= 15 is 0 Å². The number of unbranched alkanes of at least 4 members (excludes halogenated alkanes) is 1. The predicted molar refractivity (Wildman–Crippen MR) is 92.1 cm³/mol. The van der Waals surface area contributed by atoms with Crippen molar-refractivity contribution in [1.29, 1.82) is 0 Å². The van der Waals surface area contributed by atoms with Crippen LogP contribution >= 0.6 is 0 Å². The minimum atomic E-state index is 0.0833. The number of furan rings is 1. The van der Waals surface area contributed by atoms with Gasteiger partial charge in [0, 0.05) is 6.54 Å². The van der Waals surface area contributed by atoms with Crippen LogP contribution in [0.5, 0.6) is 0 Å². The molecule has 1 aromatic rings. The Morgan fingerprint density at radius 1 is 1.43 bits per heavy atom. The van der Waals surface area contributed by atoms with Gasteiger partial charge in [-0.1, -0.05) is 13.3 Å². The summed E-state index contributed by atoms with van der Waals surface area (Å²) in [5.74, 6) is 1.66. The van der Waals surface area contributed by atoms with Crippen molar-refractivity contribution in [3.05, 3.63) is 24.2 Å². The summed E-state index contributed by atoms with van der Waals surface area (Å²) in [5, 5.41) is 2.92. The SMILES string of the molecule is CCCCN(C)CC1CCN(CC(=O)NCc2ccco2)CC1. The summed E-state index contributed by atoms with van der Waals surface area (Å²) in [7, 11) is 2.23. The lowest BCUT2D eigenvalue weighted by Gasteiger charge is -2.33. The zero-order valence-electron chi connectivity index (χ0n) is 14.6. The molecule has 0 aromatic carbocycles. The highest BCUT2D eigenvalue weighted by Gasteiger charge is 2.21. The molecule has 5 nitrogen and oxygen atoms in total. The molecule has 2 rings (SSSR count). The Morgan fingerprint density at radius 3 is 2.87 bits per heavy atom. The molecule has 5 heteroatoms. The van der Waals surface area contributed by atoms with E-state index < -0.39 is 0 Å². The number of carbonyl (C=O) groups is 1. The van der Waals surface area contributed by atoms with Gasteiger partial charge in [-0.05, 0) is 64.0 Å². The average molecular weight is 321 g/mol. The third-order valence-corrected chi connectivity index (χ3v) is 4.58. The van der Waals surface area contributed by atoms with Crippen molar-refractivity contribution in [2.24, 2.45) is 5.92 Å². The van der Waals surface area contributed by atoms with Crippen LogP contribution in [0, 0.1) is 5.92 Å². The average Bonchev–Trinajstić information content (AvgIpc) is 3.06. The Hall–Kier alpha value is -1.33. The lowest BCUT2D eigenvalue weighted by atomic mass is 9.96. The molecule has 0 unspecified atom stereocenters. The predicted octanol–water partition coefficient (Wildman–Crippen LogP) is 2.34. The summed E-state index contributed by atoms with van der Waals surface area (Å²) in [5.41, 5.74) is 0. The van der Waals surface area contributed by atoms with Crippen LogP contribution < -0.4 is 5.32 Å². The molecule has 0 bridgehead atoms. The molecule has 1 aromatic heterocycles. The summed E-state index contributed by atoms with van der Waals surface area (Å²) in [6, 6.07) is 3.71. The molecule has 23 heavy (non-hydrogen) atoms. The first kappa shape index (κ1) is 18.0. The van der Waals surface area contributed by atoms with Crippen LogP contribution in [0.3, 0.4) is 0 Å². The van der Waals surface area contributed by atoms with Gasteiger partial charge in [-0.2, -0.15) is 0 Å². The van der Waals surface area contributed by atoms with Crippen molar-refractivity contribution in [1.82, 2.24) is 15.1 Å². The fraction of sp³-hybridized carbons (Fsp3) is 0.722. The number of likely N-dealkylation sites (tertiary alicyclic amines) is 1. The van der Waals surface area contributed by atoms with E-state index in [1.54, 1.807) is 6.26 Å². The smallest absolute Gasteiger partial charge is 0.234 e. The van der Waals surface area contributed by atoms with Crippen LogP contribution in [0.1, 0.15) is 38.4 Å². The highest BCUT2D eigenvalue weighted by atomic mass is 16.3. The van der Waals surface area contributed by atoms with Crippen molar-refractivity contribution in [2.45, 2.75) is 39.2 Å². The van der Waals surface area contributed by atoms with Gasteiger partial charge in [-0.3, -0.25) is 9.69 Å². The second-order valence-electron chi connectivity index (χ2n) is 6.69. The summed E-state index contributed by atoms with van der Waals surface area (Å²) in [6.07, 6.45) is 6.56. The van der Waals surface area contributed by atoms with E-state index in [2.05, 4.69) is 29.1 Å². The van der Waals surface area contributed by atoms with Crippen LogP contribution in [0.4, 0.5) is 0 Å². The van der Waals surface area contributed by atoms with E-state index in [1.165, 1.54) is 38.8 Å². The number of rotatable bonds is 9. The molecule has 0 atom stereocenters. The second kappa shape index (κ2) is 9.73. The standard InChI is InChI=1S/C18H31N3O2/c1-3-4-9-20(2)14-16-7-10-21(11-8-16)15-18(22)19-13-17-6-5-12-23-17/h5-6,12,16H,3-4,7-11,13-15H2,1-2H3,(H,19,22). The van der Waals surface area contributed by atoms with Gasteiger partial charge in [0.05, 0.1) is 19.4 Å². The van der Waals surface area contributed by atoms with Gasteiger partial charge < -0.3 is 14.6 Å². The molecule has 2 heterocycles. The summed E-state index contributed by atoms with van der Waals surface area (Å²) < 4.78 is 5.22. The molecular formula is C18H31N3O2. The van der Waals surface area contributed by atoms with E-state index in [-0.39, 0.29) is 5.91 Å². The van der Waals surface area contributed by atoms with Crippen molar-refractivity contribution < 1.29 is 9.21 Å². The normalized spacial score (nSPS) is 16.8. The van der Waals surface area contributed by atoms with Crippen molar-refractivity contribution in [3.8, 4) is 0 Å². The number of amides is 1. The van der Waals surface area contributed by atoms with Gasteiger partial charge in [-0.25, -0.2) is 0 Å². The van der Waals surface area contributed by atoms with E-state index in [0.717, 1.165) is 24.8 Å². The van der Waals surface area contributed by atoms with Crippen molar-refractivity contribution in [2.75, 3.05) is 39.8 Å². The molecule has 1 saturated heterocycles. The molecule has 1 aliphatic rings. The maximum atomic E-state index is 12.0. The number of hydrogen-bond acceptors (Lipinski definition) is 4. The third kappa shape index (κ3) is 6.75. The highest BCUT2D eigenvalue weighted by Crippen LogP contribution is 2.18. The van der Waals surface area contributed by atoms with Gasteiger partial charge in [-0.15, -0.1) is 0 Å². The van der Waals surface area contributed by atoms with E-state index in [9.17, 15) is 4.79 Å². The van der Waals surface area contributed by atoms with Gasteiger partial charge in [0.15, 0.2) is 0 Å². The lowest BCUT2D eigenvalue weighted by Crippen LogP contribution is -2.43. The monoisotopic (exact) mass is 321 g/mol. The van der Waals surface area contributed by atoms with E-state index in [1.807, 2.05) is 12.1 Å². The lowest BCUT2D eigenvalue weighted by molar-refractivity contribution is -0.122. The maximum Gasteiger partial charge on any atom is 0.234 e. The Kier molecular flexibility index (Phi) is 7.62. The molecule has 0 radical (unpaired) electrons. The molecule has 1 aliphatic heterocycles.